The molecule has 0 saturated carbocycles. The van der Waals surface area contributed by atoms with Gasteiger partial charge in [-0.05, 0) is 13.0 Å². The molecular formula is C15H27ClN4O2. The first-order valence-electron chi connectivity index (χ1n) is 7.45. The van der Waals surface area contributed by atoms with Crippen LogP contribution in [0.1, 0.15) is 12.6 Å². The topological polar surface area (TPSA) is 51.0 Å². The van der Waals surface area contributed by atoms with Gasteiger partial charge in [-0.25, -0.2) is 0 Å². The van der Waals surface area contributed by atoms with Gasteiger partial charge in [0.2, 0.25) is 0 Å². The zero-order valence-corrected chi connectivity index (χ0v) is 14.7. The van der Waals surface area contributed by atoms with Gasteiger partial charge in [-0.1, -0.05) is 11.6 Å². The molecule has 0 fully saturated rings. The predicted octanol–water partition coefficient (Wildman–Crippen LogP) is 1.74. The largest absolute Gasteiger partial charge is 0.382 e. The molecule has 1 aromatic rings. The van der Waals surface area contributed by atoms with Crippen LogP contribution in [0.25, 0.3) is 0 Å². The molecule has 0 aliphatic carbocycles. The van der Waals surface area contributed by atoms with Gasteiger partial charge in [0.05, 0.1) is 37.9 Å². The van der Waals surface area contributed by atoms with Crippen LogP contribution in [0.5, 0.6) is 0 Å². The molecule has 0 spiro atoms. The van der Waals surface area contributed by atoms with Gasteiger partial charge in [-0.3, -0.25) is 4.99 Å². The van der Waals surface area contributed by atoms with Crippen molar-refractivity contribution in [1.82, 2.24) is 14.8 Å². The van der Waals surface area contributed by atoms with Crippen LogP contribution in [0.2, 0.25) is 5.02 Å². The first-order valence-corrected chi connectivity index (χ1v) is 7.83. The van der Waals surface area contributed by atoms with Gasteiger partial charge in [0.1, 0.15) is 0 Å². The predicted molar refractivity (Wildman–Crippen MR) is 90.6 cm³/mol. The van der Waals surface area contributed by atoms with Gasteiger partial charge >= 0.3 is 0 Å². The maximum Gasteiger partial charge on any atom is 0.194 e. The van der Waals surface area contributed by atoms with E-state index in [-0.39, 0.29) is 0 Å². The number of rotatable bonds is 9. The normalized spacial score (nSPS) is 11.8. The molecule has 0 saturated heterocycles. The maximum absolute atomic E-state index is 6.02. The Morgan fingerprint density at radius 1 is 1.41 bits per heavy atom. The number of methoxy groups -OCH3 is 1. The summed E-state index contributed by atoms with van der Waals surface area (Å²) < 4.78 is 12.4. The van der Waals surface area contributed by atoms with Crippen molar-refractivity contribution >= 4 is 17.6 Å². The minimum absolute atomic E-state index is 0.585. The Kier molecular flexibility index (Phi) is 8.96. The molecule has 22 heavy (non-hydrogen) atoms. The Morgan fingerprint density at radius 3 is 2.77 bits per heavy atom. The summed E-state index contributed by atoms with van der Waals surface area (Å²) in [5.41, 5.74) is 1.13. The molecule has 126 valence electrons. The lowest BCUT2D eigenvalue weighted by atomic mass is 10.4. The molecule has 1 heterocycles. The summed E-state index contributed by atoms with van der Waals surface area (Å²) in [6, 6.07) is 1.97. The van der Waals surface area contributed by atoms with Gasteiger partial charge in [0.15, 0.2) is 5.96 Å². The minimum Gasteiger partial charge on any atom is -0.382 e. The van der Waals surface area contributed by atoms with Crippen molar-refractivity contribution in [1.29, 1.82) is 0 Å². The van der Waals surface area contributed by atoms with Gasteiger partial charge < -0.3 is 24.3 Å². The van der Waals surface area contributed by atoms with Gasteiger partial charge in [0.25, 0.3) is 0 Å². The first-order chi connectivity index (χ1) is 10.6. The van der Waals surface area contributed by atoms with Crippen molar-refractivity contribution in [2.45, 2.75) is 13.5 Å². The van der Waals surface area contributed by atoms with E-state index in [9.17, 15) is 0 Å². The second-order valence-electron chi connectivity index (χ2n) is 4.96. The maximum atomic E-state index is 6.02. The molecule has 0 radical (unpaired) electrons. The molecule has 0 bridgehead atoms. The first kappa shape index (κ1) is 18.8. The van der Waals surface area contributed by atoms with E-state index in [1.807, 2.05) is 30.9 Å². The van der Waals surface area contributed by atoms with E-state index in [0.29, 0.717) is 26.4 Å². The van der Waals surface area contributed by atoms with Crippen LogP contribution < -0.4 is 5.32 Å². The highest BCUT2D eigenvalue weighted by Gasteiger charge is 2.09. The second kappa shape index (κ2) is 10.5. The van der Waals surface area contributed by atoms with Crippen LogP contribution in [-0.4, -0.2) is 62.5 Å². The van der Waals surface area contributed by atoms with E-state index in [1.165, 1.54) is 0 Å². The Hall–Kier alpha value is -1.24. The Labute approximate surface area is 138 Å². The Balaban J connectivity index is 2.51. The molecule has 0 unspecified atom stereocenters. The van der Waals surface area contributed by atoms with Crippen molar-refractivity contribution in [3.8, 4) is 0 Å². The summed E-state index contributed by atoms with van der Waals surface area (Å²) >= 11 is 6.02. The molecule has 0 aromatic carbocycles. The van der Waals surface area contributed by atoms with Crippen LogP contribution in [0.4, 0.5) is 0 Å². The summed E-state index contributed by atoms with van der Waals surface area (Å²) in [5.74, 6) is 0.857. The number of ether oxygens (including phenoxy) is 2. The smallest absolute Gasteiger partial charge is 0.194 e. The molecule has 0 aliphatic heterocycles. The van der Waals surface area contributed by atoms with Crippen molar-refractivity contribution < 1.29 is 9.47 Å². The molecular weight excluding hydrogens is 304 g/mol. The van der Waals surface area contributed by atoms with E-state index in [1.54, 1.807) is 7.11 Å². The van der Waals surface area contributed by atoms with E-state index < -0.39 is 0 Å². The van der Waals surface area contributed by atoms with Crippen LogP contribution in [0, 0.1) is 0 Å². The number of halogens is 1. The summed E-state index contributed by atoms with van der Waals surface area (Å²) in [6.07, 6.45) is 1.90. The lowest BCUT2D eigenvalue weighted by Gasteiger charge is -2.22. The third kappa shape index (κ3) is 6.68. The monoisotopic (exact) mass is 330 g/mol. The average molecular weight is 331 g/mol. The van der Waals surface area contributed by atoms with Crippen molar-refractivity contribution in [3.05, 3.63) is 23.0 Å². The Morgan fingerprint density at radius 2 is 2.18 bits per heavy atom. The number of aliphatic imine (C=N–C) groups is 1. The highest BCUT2D eigenvalue weighted by atomic mass is 35.5. The molecule has 1 N–H and O–H groups in total. The summed E-state index contributed by atoms with van der Waals surface area (Å²) in [6.45, 7) is 6.02. The summed E-state index contributed by atoms with van der Waals surface area (Å²) in [4.78, 5) is 6.64. The number of hydrogen-bond donors (Lipinski definition) is 1. The molecule has 0 amide bonds. The van der Waals surface area contributed by atoms with Crippen molar-refractivity contribution in [3.63, 3.8) is 0 Å². The van der Waals surface area contributed by atoms with Gasteiger partial charge in [0, 0.05) is 39.6 Å². The molecule has 0 aliphatic rings. The molecule has 6 nitrogen and oxygen atoms in total. The van der Waals surface area contributed by atoms with Crippen LogP contribution >= 0.6 is 11.6 Å². The SMILES string of the molecule is CCNC(=NCCOCCOC)N(C)Cc1cc(Cl)cn1C. The number of hydrogen-bond acceptors (Lipinski definition) is 3. The minimum atomic E-state index is 0.585. The molecule has 0 atom stereocenters. The van der Waals surface area contributed by atoms with E-state index in [4.69, 9.17) is 21.1 Å². The molecule has 1 aromatic heterocycles. The quantitative estimate of drug-likeness (QED) is 0.426. The second-order valence-corrected chi connectivity index (χ2v) is 5.39. The number of nitrogens with zero attached hydrogens (tertiary/aromatic N) is 3. The van der Waals surface area contributed by atoms with Gasteiger partial charge in [-0.15, -0.1) is 0 Å². The van der Waals surface area contributed by atoms with Crippen LogP contribution in [-0.2, 0) is 23.1 Å². The number of nitrogens with one attached hydrogen (secondary N) is 1. The zero-order chi connectivity index (χ0) is 16.4. The van der Waals surface area contributed by atoms with Crippen molar-refractivity contribution in [2.24, 2.45) is 12.0 Å². The van der Waals surface area contributed by atoms with E-state index in [2.05, 4.69) is 22.1 Å². The summed E-state index contributed by atoms with van der Waals surface area (Å²) in [5, 5.41) is 4.03. The van der Waals surface area contributed by atoms with Crippen LogP contribution in [0.3, 0.4) is 0 Å². The number of aryl methyl sites for hydroxylation is 1. The fourth-order valence-electron chi connectivity index (χ4n) is 1.97. The zero-order valence-electron chi connectivity index (χ0n) is 13.9. The fourth-order valence-corrected chi connectivity index (χ4v) is 2.24. The lowest BCUT2D eigenvalue weighted by molar-refractivity contribution is 0.0747. The standard InChI is InChI=1S/C15H27ClN4O2/c1-5-17-15(18-6-7-22-9-8-21-4)20(3)12-14-10-13(16)11-19(14)2/h10-11H,5-9,12H2,1-4H3,(H,17,18). The summed E-state index contributed by atoms with van der Waals surface area (Å²) in [7, 11) is 5.66. The third-order valence-corrected chi connectivity index (χ3v) is 3.31. The highest BCUT2D eigenvalue weighted by molar-refractivity contribution is 6.30. The highest BCUT2D eigenvalue weighted by Crippen LogP contribution is 2.14. The van der Waals surface area contributed by atoms with E-state index in [0.717, 1.165) is 29.8 Å². The fraction of sp³-hybridized carbons (Fsp3) is 0.667. The Bertz CT molecular complexity index is 462. The third-order valence-electron chi connectivity index (χ3n) is 3.10. The number of guanidine groups is 1. The molecule has 1 rings (SSSR count). The average Bonchev–Trinajstić information content (AvgIpc) is 2.79. The van der Waals surface area contributed by atoms with Gasteiger partial charge in [-0.2, -0.15) is 0 Å². The van der Waals surface area contributed by atoms with E-state index >= 15 is 0 Å². The van der Waals surface area contributed by atoms with Crippen LogP contribution in [0.15, 0.2) is 17.3 Å². The molecule has 7 heteroatoms. The van der Waals surface area contributed by atoms with Crippen molar-refractivity contribution in [2.75, 3.05) is 47.1 Å². The number of aromatic nitrogens is 1. The lowest BCUT2D eigenvalue weighted by Crippen LogP contribution is -2.39.